The van der Waals surface area contributed by atoms with Gasteiger partial charge < -0.3 is 19.7 Å². The number of rotatable bonds is 18. The van der Waals surface area contributed by atoms with Crippen LogP contribution in [0.1, 0.15) is 89.5 Å². The van der Waals surface area contributed by atoms with Crippen LogP contribution in [0.25, 0.3) is 34.2 Å². The smallest absolute Gasteiger partial charge is 0.167 e. The van der Waals surface area contributed by atoms with E-state index in [1.165, 1.54) is 35.1 Å². The van der Waals surface area contributed by atoms with Gasteiger partial charge in [0, 0.05) is 23.8 Å². The third kappa shape index (κ3) is 9.61. The lowest BCUT2D eigenvalue weighted by Gasteiger charge is -2.17. The van der Waals surface area contributed by atoms with Crippen LogP contribution < -0.4 is 4.74 Å². The van der Waals surface area contributed by atoms with Crippen LogP contribution in [0.4, 0.5) is 0 Å². The standard InChI is InChI=1S/C40H53N3O4/c1-7-13-14-29(10-4)24-46-25-32(44)26-47-33-17-20-36(37(45)23-33)40-42-38(34-18-15-27(8-2)21-30(34)11-5)41-39(43-40)35-19-16-28(9-3)22-31(35)12-6/h15-23,29,32,44-45H,7-14,24-26H2,1-6H3. The van der Waals surface area contributed by atoms with Gasteiger partial charge in [0.15, 0.2) is 17.5 Å². The van der Waals surface area contributed by atoms with E-state index in [9.17, 15) is 10.2 Å². The molecule has 1 heterocycles. The number of nitrogens with zero attached hydrogens (tertiary/aromatic N) is 3. The average molecular weight is 640 g/mol. The number of benzene rings is 3. The van der Waals surface area contributed by atoms with Crippen LogP contribution in [-0.4, -0.2) is 51.1 Å². The Kier molecular flexibility index (Phi) is 13.7. The summed E-state index contributed by atoms with van der Waals surface area (Å²) in [6, 6.07) is 18.0. The molecule has 3 aromatic carbocycles. The van der Waals surface area contributed by atoms with Crippen molar-refractivity contribution in [3.05, 3.63) is 76.9 Å². The van der Waals surface area contributed by atoms with Crippen LogP contribution in [-0.2, 0) is 30.4 Å². The van der Waals surface area contributed by atoms with Gasteiger partial charge in [0.2, 0.25) is 0 Å². The summed E-state index contributed by atoms with van der Waals surface area (Å²) in [5, 5.41) is 21.7. The normalized spacial score (nSPS) is 12.7. The molecule has 0 spiro atoms. The summed E-state index contributed by atoms with van der Waals surface area (Å²) >= 11 is 0. The lowest BCUT2D eigenvalue weighted by Crippen LogP contribution is -2.25. The van der Waals surface area contributed by atoms with Crippen LogP contribution in [0.5, 0.6) is 11.5 Å². The highest BCUT2D eigenvalue weighted by atomic mass is 16.5. The fraction of sp³-hybridized carbons (Fsp3) is 0.475. The molecule has 47 heavy (non-hydrogen) atoms. The van der Waals surface area contributed by atoms with Crippen molar-refractivity contribution in [2.75, 3.05) is 19.8 Å². The third-order valence-corrected chi connectivity index (χ3v) is 8.89. The monoisotopic (exact) mass is 639 g/mol. The molecule has 7 heteroatoms. The molecule has 4 aromatic rings. The molecule has 0 amide bonds. The fourth-order valence-corrected chi connectivity index (χ4v) is 5.79. The second-order valence-electron chi connectivity index (χ2n) is 12.3. The molecule has 1 aromatic heterocycles. The van der Waals surface area contributed by atoms with E-state index in [1.54, 1.807) is 18.2 Å². The Morgan fingerprint density at radius 1 is 0.638 bits per heavy atom. The van der Waals surface area contributed by atoms with E-state index in [2.05, 4.69) is 77.9 Å². The molecule has 7 nitrogen and oxygen atoms in total. The van der Waals surface area contributed by atoms with Gasteiger partial charge in [0.1, 0.15) is 24.2 Å². The molecule has 0 saturated heterocycles. The van der Waals surface area contributed by atoms with E-state index in [4.69, 9.17) is 24.4 Å². The van der Waals surface area contributed by atoms with Gasteiger partial charge in [0.25, 0.3) is 0 Å². The molecular formula is C40H53N3O4. The van der Waals surface area contributed by atoms with Crippen molar-refractivity contribution in [2.24, 2.45) is 5.92 Å². The van der Waals surface area contributed by atoms with E-state index in [-0.39, 0.29) is 19.0 Å². The lowest BCUT2D eigenvalue weighted by molar-refractivity contribution is -0.00111. The van der Waals surface area contributed by atoms with Crippen LogP contribution >= 0.6 is 0 Å². The van der Waals surface area contributed by atoms with Gasteiger partial charge in [-0.25, -0.2) is 15.0 Å². The Morgan fingerprint density at radius 3 is 1.68 bits per heavy atom. The quantitative estimate of drug-likeness (QED) is 0.112. The number of ether oxygens (including phenoxy) is 2. The van der Waals surface area contributed by atoms with Crippen LogP contribution in [0, 0.1) is 5.92 Å². The molecule has 0 radical (unpaired) electrons. The average Bonchev–Trinajstić information content (AvgIpc) is 3.11. The van der Waals surface area contributed by atoms with E-state index >= 15 is 0 Å². The summed E-state index contributed by atoms with van der Waals surface area (Å²) in [4.78, 5) is 14.8. The molecule has 2 atom stereocenters. The predicted molar refractivity (Wildman–Crippen MR) is 191 cm³/mol. The summed E-state index contributed by atoms with van der Waals surface area (Å²) in [6.45, 7) is 13.9. The molecule has 4 rings (SSSR count). The van der Waals surface area contributed by atoms with Crippen molar-refractivity contribution in [1.82, 2.24) is 15.0 Å². The van der Waals surface area contributed by atoms with Gasteiger partial charge in [0.05, 0.1) is 12.2 Å². The summed E-state index contributed by atoms with van der Waals surface area (Å²) in [5.41, 5.74) is 7.29. The number of aliphatic hydroxyl groups is 1. The molecule has 0 aliphatic rings. The second-order valence-corrected chi connectivity index (χ2v) is 12.3. The zero-order valence-corrected chi connectivity index (χ0v) is 29.2. The van der Waals surface area contributed by atoms with Crippen molar-refractivity contribution in [3.8, 4) is 45.7 Å². The zero-order valence-electron chi connectivity index (χ0n) is 29.2. The van der Waals surface area contributed by atoms with Crippen molar-refractivity contribution < 1.29 is 19.7 Å². The summed E-state index contributed by atoms with van der Waals surface area (Å²) in [7, 11) is 0. The molecule has 0 aliphatic carbocycles. The maximum atomic E-state index is 11.2. The number of hydrogen-bond donors (Lipinski definition) is 2. The summed E-state index contributed by atoms with van der Waals surface area (Å²) in [6.07, 6.45) is 7.40. The van der Waals surface area contributed by atoms with Crippen LogP contribution in [0.3, 0.4) is 0 Å². The molecular weight excluding hydrogens is 586 g/mol. The summed E-state index contributed by atoms with van der Waals surface area (Å²) in [5.74, 6) is 2.49. The van der Waals surface area contributed by atoms with Gasteiger partial charge >= 0.3 is 0 Å². The molecule has 2 N–H and O–H groups in total. The van der Waals surface area contributed by atoms with E-state index in [0.29, 0.717) is 41.3 Å². The Morgan fingerprint density at radius 2 is 1.19 bits per heavy atom. The van der Waals surface area contributed by atoms with Gasteiger partial charge in [-0.3, -0.25) is 0 Å². The molecule has 0 bridgehead atoms. The van der Waals surface area contributed by atoms with Crippen LogP contribution in [0.15, 0.2) is 54.6 Å². The number of phenolic OH excluding ortho intramolecular Hbond substituents is 1. The second kappa shape index (κ2) is 17.9. The molecule has 0 saturated carbocycles. The van der Waals surface area contributed by atoms with Crippen molar-refractivity contribution >= 4 is 0 Å². The Balaban J connectivity index is 1.61. The minimum absolute atomic E-state index is 0.00727. The number of aromatic nitrogens is 3. The largest absolute Gasteiger partial charge is 0.507 e. The fourth-order valence-electron chi connectivity index (χ4n) is 5.79. The highest BCUT2D eigenvalue weighted by molar-refractivity contribution is 5.72. The number of phenols is 1. The molecule has 0 fully saturated rings. The first kappa shape index (κ1) is 36.0. The highest BCUT2D eigenvalue weighted by Gasteiger charge is 2.19. The third-order valence-electron chi connectivity index (χ3n) is 8.89. The Labute approximate surface area is 281 Å². The van der Waals surface area contributed by atoms with Crippen molar-refractivity contribution in [2.45, 2.75) is 99.0 Å². The number of hydrogen-bond acceptors (Lipinski definition) is 7. The minimum atomic E-state index is -0.770. The number of aliphatic hydroxyl groups excluding tert-OH is 1. The maximum absolute atomic E-state index is 11.2. The lowest BCUT2D eigenvalue weighted by atomic mass is 9.99. The van der Waals surface area contributed by atoms with E-state index < -0.39 is 6.10 Å². The predicted octanol–water partition coefficient (Wildman–Crippen LogP) is 8.80. The highest BCUT2D eigenvalue weighted by Crippen LogP contribution is 2.34. The first-order chi connectivity index (χ1) is 22.8. The summed E-state index contributed by atoms with van der Waals surface area (Å²) < 4.78 is 11.6. The Bertz CT molecular complexity index is 1510. The molecule has 2 unspecified atom stereocenters. The molecule has 0 aliphatic heterocycles. The van der Waals surface area contributed by atoms with Gasteiger partial charge in [-0.15, -0.1) is 0 Å². The van der Waals surface area contributed by atoms with Crippen molar-refractivity contribution in [1.29, 1.82) is 0 Å². The number of aromatic hydroxyl groups is 1. The van der Waals surface area contributed by atoms with Gasteiger partial charge in [-0.05, 0) is 72.4 Å². The van der Waals surface area contributed by atoms with Gasteiger partial charge in [-0.2, -0.15) is 0 Å². The zero-order chi connectivity index (χ0) is 33.8. The van der Waals surface area contributed by atoms with Gasteiger partial charge in [-0.1, -0.05) is 97.2 Å². The minimum Gasteiger partial charge on any atom is -0.507 e. The van der Waals surface area contributed by atoms with E-state index in [0.717, 1.165) is 49.7 Å². The SMILES string of the molecule is CCCCC(CC)COCC(O)COc1ccc(-c2nc(-c3ccc(CC)cc3CC)nc(-c3ccc(CC)cc3CC)n2)c(O)c1. The Hall–Kier alpha value is -3.81. The number of unbranched alkanes of at least 4 members (excludes halogenated alkanes) is 1. The first-order valence-corrected chi connectivity index (χ1v) is 17.6. The topological polar surface area (TPSA) is 97.6 Å². The maximum Gasteiger partial charge on any atom is 0.167 e. The van der Waals surface area contributed by atoms with E-state index in [1.807, 2.05) is 0 Å². The number of aryl methyl sites for hydroxylation is 4. The van der Waals surface area contributed by atoms with Crippen molar-refractivity contribution in [3.63, 3.8) is 0 Å². The van der Waals surface area contributed by atoms with Crippen LogP contribution in [0.2, 0.25) is 0 Å². The first-order valence-electron chi connectivity index (χ1n) is 17.6. The molecule has 252 valence electrons.